The van der Waals surface area contributed by atoms with Crippen molar-refractivity contribution in [3.05, 3.63) is 29.8 Å². The van der Waals surface area contributed by atoms with Gasteiger partial charge in [0.1, 0.15) is 5.75 Å². The van der Waals surface area contributed by atoms with Crippen molar-refractivity contribution in [2.45, 2.75) is 36.4 Å². The van der Waals surface area contributed by atoms with Crippen LogP contribution in [0.4, 0.5) is 0 Å². The topological polar surface area (TPSA) is 40.5 Å². The summed E-state index contributed by atoms with van der Waals surface area (Å²) in [6, 6.07) is 7.14. The summed E-state index contributed by atoms with van der Waals surface area (Å²) in [5.41, 5.74) is 1.09. The number of phenolic OH excluding ortho intramolecular Hbond substituents is 1. The molecule has 1 aromatic carbocycles. The van der Waals surface area contributed by atoms with Crippen LogP contribution in [0.2, 0.25) is 0 Å². The van der Waals surface area contributed by atoms with Gasteiger partial charge in [0.25, 0.3) is 0 Å². The van der Waals surface area contributed by atoms with E-state index in [1.807, 2.05) is 35.7 Å². The second-order valence-electron chi connectivity index (χ2n) is 4.59. The summed E-state index contributed by atoms with van der Waals surface area (Å²) in [4.78, 5) is 0. The van der Waals surface area contributed by atoms with Gasteiger partial charge in [0.15, 0.2) is 0 Å². The molecule has 0 spiro atoms. The Morgan fingerprint density at radius 3 is 2.56 bits per heavy atom. The maximum absolute atomic E-state index is 10.4. The van der Waals surface area contributed by atoms with Gasteiger partial charge in [0.2, 0.25) is 0 Å². The Morgan fingerprint density at radius 1 is 1.22 bits per heavy atom. The van der Waals surface area contributed by atoms with Crippen LogP contribution in [0.25, 0.3) is 0 Å². The molecule has 1 heterocycles. The highest BCUT2D eigenvalue weighted by atomic mass is 32.2. The normalized spacial score (nSPS) is 25.9. The highest BCUT2D eigenvalue weighted by molar-refractivity contribution is 8.07. The summed E-state index contributed by atoms with van der Waals surface area (Å²) in [6.45, 7) is 2.20. The zero-order valence-electron chi connectivity index (χ0n) is 10.6. The summed E-state index contributed by atoms with van der Waals surface area (Å²) in [5.74, 6) is 2.62. The number of rotatable bonds is 4. The second-order valence-corrected chi connectivity index (χ2v) is 7.22. The Hall–Kier alpha value is -0.320. The molecular weight excluding hydrogens is 264 g/mol. The number of hydrogen-bond donors (Lipinski definition) is 2. The molecular formula is C14H20O2S2. The molecule has 1 aliphatic heterocycles. The van der Waals surface area contributed by atoms with E-state index < -0.39 is 0 Å². The van der Waals surface area contributed by atoms with E-state index in [0.717, 1.165) is 17.7 Å². The first-order chi connectivity index (χ1) is 8.70. The monoisotopic (exact) mass is 284 g/mol. The lowest BCUT2D eigenvalue weighted by Crippen LogP contribution is -2.37. The number of phenols is 1. The Kier molecular flexibility index (Phi) is 5.27. The molecule has 3 unspecified atom stereocenters. The number of thioether (sulfide) groups is 2. The molecule has 1 fully saturated rings. The molecule has 0 amide bonds. The largest absolute Gasteiger partial charge is 0.508 e. The Labute approximate surface area is 117 Å². The van der Waals surface area contributed by atoms with E-state index in [9.17, 15) is 10.2 Å². The van der Waals surface area contributed by atoms with E-state index in [-0.39, 0.29) is 11.9 Å². The lowest BCUT2D eigenvalue weighted by molar-refractivity contribution is 0.169. The van der Waals surface area contributed by atoms with Crippen molar-refractivity contribution in [1.82, 2.24) is 0 Å². The molecule has 1 aliphatic rings. The van der Waals surface area contributed by atoms with Crippen molar-refractivity contribution in [2.24, 2.45) is 0 Å². The van der Waals surface area contributed by atoms with E-state index >= 15 is 0 Å². The minimum atomic E-state index is -0.294. The maximum atomic E-state index is 10.4. The van der Waals surface area contributed by atoms with Gasteiger partial charge in [-0.25, -0.2) is 0 Å². The van der Waals surface area contributed by atoms with Crippen LogP contribution in [-0.4, -0.2) is 38.3 Å². The SMILES string of the molecule is CCC1SCCSC1C(O)Cc1ccc(O)cc1. The third kappa shape index (κ3) is 3.59. The molecule has 3 atom stereocenters. The molecule has 2 nitrogen and oxygen atoms in total. The van der Waals surface area contributed by atoms with Crippen molar-refractivity contribution >= 4 is 23.5 Å². The third-order valence-electron chi connectivity index (χ3n) is 3.25. The Morgan fingerprint density at radius 2 is 1.89 bits per heavy atom. The highest BCUT2D eigenvalue weighted by Crippen LogP contribution is 2.36. The predicted molar refractivity (Wildman–Crippen MR) is 80.6 cm³/mol. The van der Waals surface area contributed by atoms with Gasteiger partial charge in [-0.2, -0.15) is 23.5 Å². The van der Waals surface area contributed by atoms with Crippen LogP contribution in [0.1, 0.15) is 18.9 Å². The van der Waals surface area contributed by atoms with E-state index in [2.05, 4.69) is 6.92 Å². The van der Waals surface area contributed by atoms with Crippen LogP contribution in [-0.2, 0) is 6.42 Å². The number of aliphatic hydroxyl groups excluding tert-OH is 1. The van der Waals surface area contributed by atoms with Gasteiger partial charge in [-0.15, -0.1) is 0 Å². The molecule has 2 N–H and O–H groups in total. The minimum Gasteiger partial charge on any atom is -0.508 e. The molecule has 0 bridgehead atoms. The van der Waals surface area contributed by atoms with Crippen LogP contribution >= 0.6 is 23.5 Å². The lowest BCUT2D eigenvalue weighted by atomic mass is 10.0. The van der Waals surface area contributed by atoms with Gasteiger partial charge < -0.3 is 10.2 Å². The average Bonchev–Trinajstić information content (AvgIpc) is 2.41. The van der Waals surface area contributed by atoms with Crippen LogP contribution in [0.3, 0.4) is 0 Å². The van der Waals surface area contributed by atoms with Gasteiger partial charge >= 0.3 is 0 Å². The van der Waals surface area contributed by atoms with E-state index in [1.54, 1.807) is 12.1 Å². The molecule has 4 heteroatoms. The van der Waals surface area contributed by atoms with E-state index in [1.165, 1.54) is 5.75 Å². The van der Waals surface area contributed by atoms with Crippen LogP contribution < -0.4 is 0 Å². The number of benzene rings is 1. The van der Waals surface area contributed by atoms with Gasteiger partial charge in [0.05, 0.1) is 6.10 Å². The van der Waals surface area contributed by atoms with E-state index in [0.29, 0.717) is 16.9 Å². The quantitative estimate of drug-likeness (QED) is 0.892. The molecule has 0 radical (unpaired) electrons. The zero-order chi connectivity index (χ0) is 13.0. The molecule has 0 aromatic heterocycles. The number of aromatic hydroxyl groups is 1. The van der Waals surface area contributed by atoms with Gasteiger partial charge in [0, 0.05) is 22.0 Å². The van der Waals surface area contributed by atoms with Crippen molar-refractivity contribution < 1.29 is 10.2 Å². The van der Waals surface area contributed by atoms with Crippen molar-refractivity contribution in [3.63, 3.8) is 0 Å². The average molecular weight is 284 g/mol. The summed E-state index contributed by atoms with van der Waals surface area (Å²) in [7, 11) is 0. The standard InChI is InChI=1S/C14H20O2S2/c1-2-13-14(18-8-7-17-13)12(16)9-10-3-5-11(15)6-4-10/h3-6,12-16H,2,7-9H2,1H3. The maximum Gasteiger partial charge on any atom is 0.115 e. The first kappa shape index (κ1) is 14.1. The summed E-state index contributed by atoms with van der Waals surface area (Å²) in [5, 5.41) is 20.6. The van der Waals surface area contributed by atoms with Crippen LogP contribution in [0, 0.1) is 0 Å². The second kappa shape index (κ2) is 6.73. The predicted octanol–water partition coefficient (Wildman–Crippen LogP) is 2.92. The highest BCUT2D eigenvalue weighted by Gasteiger charge is 2.30. The fourth-order valence-electron chi connectivity index (χ4n) is 2.28. The molecule has 0 aliphatic carbocycles. The van der Waals surface area contributed by atoms with Gasteiger partial charge in [-0.05, 0) is 30.5 Å². The molecule has 2 rings (SSSR count). The molecule has 18 heavy (non-hydrogen) atoms. The fourth-order valence-corrected chi connectivity index (χ4v) is 5.43. The number of aliphatic hydroxyl groups is 1. The van der Waals surface area contributed by atoms with Crippen molar-refractivity contribution in [1.29, 1.82) is 0 Å². The van der Waals surface area contributed by atoms with Gasteiger partial charge in [-0.3, -0.25) is 0 Å². The van der Waals surface area contributed by atoms with Crippen LogP contribution in [0.15, 0.2) is 24.3 Å². The third-order valence-corrected chi connectivity index (χ3v) is 6.65. The van der Waals surface area contributed by atoms with Crippen LogP contribution in [0.5, 0.6) is 5.75 Å². The Balaban J connectivity index is 1.97. The molecule has 0 saturated carbocycles. The smallest absolute Gasteiger partial charge is 0.115 e. The minimum absolute atomic E-state index is 0.280. The van der Waals surface area contributed by atoms with Crippen molar-refractivity contribution in [3.8, 4) is 5.75 Å². The van der Waals surface area contributed by atoms with Gasteiger partial charge in [-0.1, -0.05) is 19.1 Å². The number of hydrogen-bond acceptors (Lipinski definition) is 4. The summed E-state index contributed by atoms with van der Waals surface area (Å²) in [6.07, 6.45) is 1.50. The summed E-state index contributed by atoms with van der Waals surface area (Å²) < 4.78 is 0. The zero-order valence-corrected chi connectivity index (χ0v) is 12.2. The van der Waals surface area contributed by atoms with Crippen molar-refractivity contribution in [2.75, 3.05) is 11.5 Å². The molecule has 100 valence electrons. The summed E-state index contributed by atoms with van der Waals surface area (Å²) >= 11 is 3.90. The Bertz CT molecular complexity index is 367. The fraction of sp³-hybridized carbons (Fsp3) is 0.571. The first-order valence-corrected chi connectivity index (χ1v) is 8.49. The lowest BCUT2D eigenvalue weighted by Gasteiger charge is -2.33. The first-order valence-electron chi connectivity index (χ1n) is 6.40. The molecule has 1 saturated heterocycles. The molecule has 1 aromatic rings. The van der Waals surface area contributed by atoms with E-state index in [4.69, 9.17) is 0 Å².